The van der Waals surface area contributed by atoms with Crippen molar-refractivity contribution in [2.45, 2.75) is 23.9 Å². The van der Waals surface area contributed by atoms with Crippen LogP contribution in [-0.2, 0) is 16.6 Å². The van der Waals surface area contributed by atoms with E-state index in [1.807, 2.05) is 58.2 Å². The Morgan fingerprint density at radius 3 is 2.37 bits per heavy atom. The number of nitrogens with one attached hydrogen (secondary N) is 2. The van der Waals surface area contributed by atoms with Crippen LogP contribution in [0.2, 0.25) is 0 Å². The molecule has 4 aromatic rings. The quantitative estimate of drug-likeness (QED) is 0.342. The lowest BCUT2D eigenvalue weighted by Gasteiger charge is -2.23. The summed E-state index contributed by atoms with van der Waals surface area (Å²) in [6.45, 7) is 0.227. The standard InChI is InChI=1S/C25H22N4O3S3/c30-25(26-17-18-6-2-1-3-7-18)28-35(31,32)20-12-10-19(11-13-20)29-22(24-9-5-15-34-24)16-21(27-29)23-8-4-14-33-23/h1-15,22H,16-17H2,(H2,26,28,30). The van der Waals surface area contributed by atoms with Crippen molar-refractivity contribution in [2.24, 2.45) is 5.10 Å². The molecule has 1 atom stereocenters. The summed E-state index contributed by atoms with van der Waals surface area (Å²) >= 11 is 3.32. The number of anilines is 1. The predicted octanol–water partition coefficient (Wildman–Crippen LogP) is 5.35. The molecule has 0 saturated heterocycles. The van der Waals surface area contributed by atoms with E-state index in [0.717, 1.165) is 28.3 Å². The number of hydrazone groups is 1. The monoisotopic (exact) mass is 522 g/mol. The van der Waals surface area contributed by atoms with Crippen molar-refractivity contribution in [2.75, 3.05) is 5.01 Å². The number of carbonyl (C=O) groups is 1. The van der Waals surface area contributed by atoms with Gasteiger partial charge in [0.2, 0.25) is 0 Å². The number of amides is 2. The average Bonchev–Trinajstić information content (AvgIpc) is 3.64. The maximum absolute atomic E-state index is 12.7. The molecule has 1 unspecified atom stereocenters. The number of urea groups is 1. The van der Waals surface area contributed by atoms with Crippen molar-refractivity contribution in [1.82, 2.24) is 10.0 Å². The Bertz CT molecular complexity index is 1420. The van der Waals surface area contributed by atoms with E-state index >= 15 is 0 Å². The Balaban J connectivity index is 1.31. The Morgan fingerprint density at radius 1 is 0.943 bits per heavy atom. The number of nitrogens with zero attached hydrogens (tertiary/aromatic N) is 2. The highest BCUT2D eigenvalue weighted by molar-refractivity contribution is 7.90. The molecular formula is C25H22N4O3S3. The second kappa shape index (κ2) is 10.0. The maximum Gasteiger partial charge on any atom is 0.328 e. The Labute approximate surface area is 211 Å². The lowest BCUT2D eigenvalue weighted by molar-refractivity contribution is 0.245. The van der Waals surface area contributed by atoms with E-state index in [1.54, 1.807) is 34.8 Å². The number of thiophene rings is 2. The molecule has 3 heterocycles. The van der Waals surface area contributed by atoms with Crippen LogP contribution in [0.1, 0.15) is 27.8 Å². The molecule has 0 saturated carbocycles. The molecule has 0 bridgehead atoms. The molecular weight excluding hydrogens is 501 g/mol. The first kappa shape index (κ1) is 23.3. The van der Waals surface area contributed by atoms with E-state index in [0.29, 0.717) is 0 Å². The fraction of sp³-hybridized carbons (Fsp3) is 0.120. The van der Waals surface area contributed by atoms with Crippen LogP contribution in [-0.4, -0.2) is 20.2 Å². The zero-order chi connectivity index (χ0) is 24.3. The first-order valence-corrected chi connectivity index (χ1v) is 14.1. The van der Waals surface area contributed by atoms with Gasteiger partial charge in [-0.1, -0.05) is 42.5 Å². The Hall–Kier alpha value is -3.47. The predicted molar refractivity (Wildman–Crippen MR) is 140 cm³/mol. The van der Waals surface area contributed by atoms with Crippen LogP contribution in [0.5, 0.6) is 0 Å². The van der Waals surface area contributed by atoms with E-state index in [1.165, 1.54) is 17.0 Å². The Morgan fingerprint density at radius 2 is 1.69 bits per heavy atom. The second-order valence-electron chi connectivity index (χ2n) is 7.87. The van der Waals surface area contributed by atoms with Crippen molar-refractivity contribution in [1.29, 1.82) is 0 Å². The number of sulfonamides is 1. The molecule has 2 aromatic carbocycles. The van der Waals surface area contributed by atoms with Crippen molar-refractivity contribution >= 4 is 50.1 Å². The van der Waals surface area contributed by atoms with Gasteiger partial charge < -0.3 is 5.32 Å². The summed E-state index contributed by atoms with van der Waals surface area (Å²) in [5.74, 6) is 0. The zero-order valence-electron chi connectivity index (χ0n) is 18.5. The van der Waals surface area contributed by atoms with Crippen LogP contribution in [0.3, 0.4) is 0 Å². The summed E-state index contributed by atoms with van der Waals surface area (Å²) in [6, 6.07) is 23.1. The fourth-order valence-corrected chi connectivity index (χ4v) is 6.28. The molecule has 35 heavy (non-hydrogen) atoms. The number of hydrogen-bond acceptors (Lipinski definition) is 7. The van der Waals surface area contributed by atoms with Gasteiger partial charge in [0.05, 0.1) is 27.2 Å². The lowest BCUT2D eigenvalue weighted by Crippen LogP contribution is -2.39. The molecule has 0 fully saturated rings. The fourth-order valence-electron chi connectivity index (χ4n) is 3.82. The number of benzene rings is 2. The molecule has 2 aromatic heterocycles. The number of rotatable bonds is 7. The third-order valence-electron chi connectivity index (χ3n) is 5.52. The third-order valence-corrected chi connectivity index (χ3v) is 8.76. The van der Waals surface area contributed by atoms with E-state index in [4.69, 9.17) is 5.10 Å². The normalized spacial score (nSPS) is 15.6. The van der Waals surface area contributed by atoms with Crippen LogP contribution in [0, 0.1) is 0 Å². The van der Waals surface area contributed by atoms with Gasteiger partial charge in [-0.25, -0.2) is 17.9 Å². The summed E-state index contributed by atoms with van der Waals surface area (Å²) in [5.41, 5.74) is 2.66. The van der Waals surface area contributed by atoms with Crippen molar-refractivity contribution in [3.8, 4) is 0 Å². The Kier molecular flexibility index (Phi) is 6.67. The van der Waals surface area contributed by atoms with E-state index in [9.17, 15) is 13.2 Å². The second-order valence-corrected chi connectivity index (χ2v) is 11.5. The first-order chi connectivity index (χ1) is 17.0. The van der Waals surface area contributed by atoms with Crippen LogP contribution in [0.4, 0.5) is 10.5 Å². The minimum absolute atomic E-state index is 0.00504. The first-order valence-electron chi connectivity index (χ1n) is 10.9. The third kappa shape index (κ3) is 5.29. The molecule has 10 heteroatoms. The summed E-state index contributed by atoms with van der Waals surface area (Å²) in [5, 5.41) is 13.5. The highest BCUT2D eigenvalue weighted by Gasteiger charge is 2.31. The lowest BCUT2D eigenvalue weighted by atomic mass is 10.1. The van der Waals surface area contributed by atoms with Gasteiger partial charge in [0.15, 0.2) is 0 Å². The van der Waals surface area contributed by atoms with E-state index < -0.39 is 16.1 Å². The van der Waals surface area contributed by atoms with Crippen molar-refractivity contribution in [3.63, 3.8) is 0 Å². The minimum atomic E-state index is -4.02. The molecule has 1 aliphatic rings. The SMILES string of the molecule is O=C(NCc1ccccc1)NS(=O)(=O)c1ccc(N2N=C(c3cccs3)CC2c2cccs2)cc1. The maximum atomic E-state index is 12.7. The van der Waals surface area contributed by atoms with Gasteiger partial charge in [0, 0.05) is 17.8 Å². The molecule has 1 aliphatic heterocycles. The minimum Gasteiger partial charge on any atom is -0.333 e. The van der Waals surface area contributed by atoms with Crippen LogP contribution < -0.4 is 15.0 Å². The van der Waals surface area contributed by atoms with Gasteiger partial charge >= 0.3 is 6.03 Å². The highest BCUT2D eigenvalue weighted by atomic mass is 32.2. The van der Waals surface area contributed by atoms with Gasteiger partial charge in [-0.15, -0.1) is 22.7 Å². The molecule has 7 nitrogen and oxygen atoms in total. The number of hydrogen-bond donors (Lipinski definition) is 2. The van der Waals surface area contributed by atoms with Gasteiger partial charge in [-0.05, 0) is 52.7 Å². The highest BCUT2D eigenvalue weighted by Crippen LogP contribution is 2.39. The molecule has 0 aliphatic carbocycles. The molecule has 2 amide bonds. The van der Waals surface area contributed by atoms with Gasteiger partial charge in [0.25, 0.3) is 10.0 Å². The molecule has 178 valence electrons. The van der Waals surface area contributed by atoms with Crippen LogP contribution >= 0.6 is 22.7 Å². The molecule has 2 N–H and O–H groups in total. The van der Waals surface area contributed by atoms with E-state index in [-0.39, 0.29) is 17.5 Å². The largest absolute Gasteiger partial charge is 0.333 e. The van der Waals surface area contributed by atoms with Crippen LogP contribution in [0.25, 0.3) is 0 Å². The summed E-state index contributed by atoms with van der Waals surface area (Å²) < 4.78 is 27.5. The number of carbonyl (C=O) groups excluding carboxylic acids is 1. The zero-order valence-corrected chi connectivity index (χ0v) is 20.9. The average molecular weight is 523 g/mol. The summed E-state index contributed by atoms with van der Waals surface area (Å²) in [4.78, 5) is 14.5. The summed E-state index contributed by atoms with van der Waals surface area (Å²) in [6.07, 6.45) is 0.768. The van der Waals surface area contributed by atoms with Crippen LogP contribution in [0.15, 0.2) is 99.6 Å². The van der Waals surface area contributed by atoms with Gasteiger partial charge in [-0.2, -0.15) is 5.10 Å². The summed E-state index contributed by atoms with van der Waals surface area (Å²) in [7, 11) is -4.02. The van der Waals surface area contributed by atoms with E-state index in [2.05, 4.69) is 22.2 Å². The smallest absolute Gasteiger partial charge is 0.328 e. The molecule has 5 rings (SSSR count). The van der Waals surface area contributed by atoms with Crippen molar-refractivity contribution in [3.05, 3.63) is 105 Å². The molecule has 0 spiro atoms. The van der Waals surface area contributed by atoms with Crippen molar-refractivity contribution < 1.29 is 13.2 Å². The van der Waals surface area contributed by atoms with Gasteiger partial charge in [0.1, 0.15) is 0 Å². The van der Waals surface area contributed by atoms with Gasteiger partial charge in [-0.3, -0.25) is 5.01 Å². The molecule has 0 radical (unpaired) electrons. The topological polar surface area (TPSA) is 90.9 Å².